The molecule has 0 aliphatic carbocycles. The normalized spacial score (nSPS) is 13.7. The van der Waals surface area contributed by atoms with Crippen LogP contribution in [0.4, 0.5) is 5.69 Å². The minimum atomic E-state index is -3.58. The van der Waals surface area contributed by atoms with E-state index in [1.165, 1.54) is 18.2 Å². The number of hydrogen-bond acceptors (Lipinski definition) is 6. The second kappa shape index (κ2) is 8.85. The van der Waals surface area contributed by atoms with Crippen LogP contribution in [0.25, 0.3) is 0 Å². The van der Waals surface area contributed by atoms with Gasteiger partial charge in [0.05, 0.1) is 24.0 Å². The van der Waals surface area contributed by atoms with Crippen LogP contribution in [0.3, 0.4) is 0 Å². The van der Waals surface area contributed by atoms with Crippen LogP contribution < -0.4 is 10.0 Å². The molecule has 2 aromatic carbocycles. The maximum Gasteiger partial charge on any atom is 0.312 e. The second-order valence-corrected chi connectivity index (χ2v) is 7.87. The summed E-state index contributed by atoms with van der Waals surface area (Å²) in [7, 11) is -3.58. The first kappa shape index (κ1) is 20.7. The monoisotopic (exact) mass is 394 g/mol. The van der Waals surface area contributed by atoms with Crippen LogP contribution in [0.1, 0.15) is 23.1 Å². The second-order valence-electron chi connectivity index (χ2n) is 6.13. The molecule has 146 valence electrons. The fourth-order valence-electron chi connectivity index (χ4n) is 2.56. The van der Waals surface area contributed by atoms with E-state index in [0.717, 1.165) is 6.26 Å². The minimum absolute atomic E-state index is 0.0400. The number of phenolic OH excluding ortho intramolecular Hbond substituents is 1. The van der Waals surface area contributed by atoms with E-state index < -0.39 is 28.0 Å². The highest BCUT2D eigenvalue weighted by Crippen LogP contribution is 2.27. The quantitative estimate of drug-likeness (QED) is 0.404. The van der Waals surface area contributed by atoms with Crippen LogP contribution in [0.2, 0.25) is 0 Å². The molecule has 9 heteroatoms. The van der Waals surface area contributed by atoms with Gasteiger partial charge < -0.3 is 20.6 Å². The molecule has 0 aromatic heterocycles. The molecule has 2 aromatic rings. The van der Waals surface area contributed by atoms with E-state index in [2.05, 4.69) is 10.0 Å². The highest BCUT2D eigenvalue weighted by Gasteiger charge is 2.20. The van der Waals surface area contributed by atoms with E-state index in [1.807, 2.05) is 0 Å². The van der Waals surface area contributed by atoms with Crippen LogP contribution in [0.15, 0.2) is 48.5 Å². The molecule has 2 unspecified atom stereocenters. The van der Waals surface area contributed by atoms with Gasteiger partial charge in [0.25, 0.3) is 0 Å². The Labute approximate surface area is 157 Å². The standard InChI is InChI=1S/C18H22N2O6S/c1-27(25,26)20-15-9-13(7-8-16(15)21)17(22)11-19-10-14(18(23)24)12-5-3-2-4-6-12/h2-9,14,17,19-22H,10-11H2,1H3,(H,23,24). The first-order valence-corrected chi connectivity index (χ1v) is 10.0. The number of hydrogen-bond donors (Lipinski definition) is 5. The lowest BCUT2D eigenvalue weighted by molar-refractivity contribution is -0.138. The topological polar surface area (TPSA) is 136 Å². The van der Waals surface area contributed by atoms with Crippen LogP contribution in [-0.2, 0) is 14.8 Å². The zero-order chi connectivity index (χ0) is 20.0. The van der Waals surface area contributed by atoms with Gasteiger partial charge in [0.1, 0.15) is 5.75 Å². The Kier molecular flexibility index (Phi) is 6.78. The van der Waals surface area contributed by atoms with Gasteiger partial charge >= 0.3 is 5.97 Å². The summed E-state index contributed by atoms with van der Waals surface area (Å²) in [6.45, 7) is 0.169. The Hall–Kier alpha value is -2.62. The molecule has 0 fully saturated rings. The summed E-state index contributed by atoms with van der Waals surface area (Å²) >= 11 is 0. The summed E-state index contributed by atoms with van der Waals surface area (Å²) in [5.74, 6) is -2.01. The van der Waals surface area contributed by atoms with E-state index >= 15 is 0 Å². The largest absolute Gasteiger partial charge is 0.506 e. The van der Waals surface area contributed by atoms with Crippen molar-refractivity contribution in [2.75, 3.05) is 24.1 Å². The lowest BCUT2D eigenvalue weighted by atomic mass is 9.99. The number of aliphatic hydroxyl groups excluding tert-OH is 1. The van der Waals surface area contributed by atoms with Gasteiger partial charge in [-0.1, -0.05) is 36.4 Å². The molecule has 2 rings (SSSR count). The van der Waals surface area contributed by atoms with E-state index in [9.17, 15) is 28.5 Å². The van der Waals surface area contributed by atoms with Crippen molar-refractivity contribution in [3.8, 4) is 5.75 Å². The number of nitrogens with one attached hydrogen (secondary N) is 2. The fourth-order valence-corrected chi connectivity index (χ4v) is 3.12. The lowest BCUT2D eigenvalue weighted by Gasteiger charge is -2.17. The summed E-state index contributed by atoms with van der Waals surface area (Å²) in [6.07, 6.45) is -0.0665. The molecule has 0 heterocycles. The van der Waals surface area contributed by atoms with Gasteiger partial charge in [-0.15, -0.1) is 0 Å². The Bertz CT molecular complexity index is 886. The van der Waals surface area contributed by atoms with Gasteiger partial charge in [-0.05, 0) is 23.3 Å². The summed E-state index contributed by atoms with van der Waals surface area (Å²) < 4.78 is 24.8. The third-order valence-electron chi connectivity index (χ3n) is 3.89. The smallest absolute Gasteiger partial charge is 0.312 e. The molecule has 0 bridgehead atoms. The average molecular weight is 394 g/mol. The van der Waals surface area contributed by atoms with Crippen molar-refractivity contribution < 1.29 is 28.5 Å². The van der Waals surface area contributed by atoms with Gasteiger partial charge in [0.2, 0.25) is 10.0 Å². The third kappa shape index (κ3) is 6.24. The van der Waals surface area contributed by atoms with Crippen molar-refractivity contribution >= 4 is 21.7 Å². The Balaban J connectivity index is 2.02. The van der Waals surface area contributed by atoms with Crippen LogP contribution in [0, 0.1) is 0 Å². The van der Waals surface area contributed by atoms with Gasteiger partial charge in [0.15, 0.2) is 0 Å². The van der Waals surface area contributed by atoms with Crippen molar-refractivity contribution in [1.82, 2.24) is 5.32 Å². The SMILES string of the molecule is CS(=O)(=O)Nc1cc(C(O)CNCC(C(=O)O)c2ccccc2)ccc1O. The van der Waals surface area contributed by atoms with Crippen molar-refractivity contribution in [3.05, 3.63) is 59.7 Å². The van der Waals surface area contributed by atoms with Crippen molar-refractivity contribution in [2.24, 2.45) is 0 Å². The molecule has 0 saturated carbocycles. The number of carbonyl (C=O) groups is 1. The maximum atomic E-state index is 11.5. The molecule has 2 atom stereocenters. The van der Waals surface area contributed by atoms with Gasteiger partial charge in [-0.25, -0.2) is 8.42 Å². The number of anilines is 1. The number of rotatable bonds is 9. The first-order valence-electron chi connectivity index (χ1n) is 8.14. The lowest BCUT2D eigenvalue weighted by Crippen LogP contribution is -2.30. The molecular weight excluding hydrogens is 372 g/mol. The molecule has 0 radical (unpaired) electrons. The molecule has 0 amide bonds. The minimum Gasteiger partial charge on any atom is -0.506 e. The molecule has 0 aliphatic heterocycles. The zero-order valence-corrected chi connectivity index (χ0v) is 15.5. The van der Waals surface area contributed by atoms with Gasteiger partial charge in [-0.2, -0.15) is 0 Å². The highest BCUT2D eigenvalue weighted by molar-refractivity contribution is 7.92. The number of phenols is 1. The Morgan fingerprint density at radius 3 is 2.33 bits per heavy atom. The molecular formula is C18H22N2O6S. The zero-order valence-electron chi connectivity index (χ0n) is 14.7. The summed E-state index contributed by atoms with van der Waals surface area (Å²) in [5.41, 5.74) is 0.982. The van der Waals surface area contributed by atoms with E-state index in [-0.39, 0.29) is 24.5 Å². The number of carboxylic acid groups (broad SMARTS) is 1. The number of sulfonamides is 1. The number of carboxylic acids is 1. The molecule has 0 saturated heterocycles. The van der Waals surface area contributed by atoms with Crippen molar-refractivity contribution in [1.29, 1.82) is 0 Å². The summed E-state index contributed by atoms with van der Waals surface area (Å²) in [4.78, 5) is 11.5. The number of benzene rings is 2. The predicted molar refractivity (Wildman–Crippen MR) is 101 cm³/mol. The molecule has 5 N–H and O–H groups in total. The first-order chi connectivity index (χ1) is 12.7. The van der Waals surface area contributed by atoms with Gasteiger partial charge in [0, 0.05) is 13.1 Å². The van der Waals surface area contributed by atoms with Gasteiger partial charge in [-0.3, -0.25) is 9.52 Å². The highest BCUT2D eigenvalue weighted by atomic mass is 32.2. The number of aliphatic carboxylic acids is 1. The maximum absolute atomic E-state index is 11.5. The average Bonchev–Trinajstić information content (AvgIpc) is 2.59. The fraction of sp³-hybridized carbons (Fsp3) is 0.278. The third-order valence-corrected chi connectivity index (χ3v) is 4.48. The number of aromatic hydroxyl groups is 1. The number of aliphatic hydroxyl groups is 1. The Morgan fingerprint density at radius 2 is 1.74 bits per heavy atom. The van der Waals surface area contributed by atoms with Crippen molar-refractivity contribution in [3.63, 3.8) is 0 Å². The van der Waals surface area contributed by atoms with E-state index in [0.29, 0.717) is 11.1 Å². The van der Waals surface area contributed by atoms with E-state index in [4.69, 9.17) is 0 Å². The molecule has 0 spiro atoms. The predicted octanol–water partition coefficient (Wildman–Crippen LogP) is 1.26. The van der Waals surface area contributed by atoms with Crippen LogP contribution in [-0.4, -0.2) is 49.1 Å². The van der Waals surface area contributed by atoms with Crippen LogP contribution in [0.5, 0.6) is 5.75 Å². The molecule has 27 heavy (non-hydrogen) atoms. The summed E-state index contributed by atoms with van der Waals surface area (Å²) in [6, 6.07) is 12.8. The summed E-state index contributed by atoms with van der Waals surface area (Å²) in [5, 5.41) is 32.3. The van der Waals surface area contributed by atoms with Crippen molar-refractivity contribution in [2.45, 2.75) is 12.0 Å². The molecule has 0 aliphatic rings. The van der Waals surface area contributed by atoms with E-state index in [1.54, 1.807) is 30.3 Å². The van der Waals surface area contributed by atoms with Crippen LogP contribution >= 0.6 is 0 Å². The molecule has 8 nitrogen and oxygen atoms in total. The Morgan fingerprint density at radius 1 is 1.07 bits per heavy atom.